The molecule has 1 aromatic heterocycles. The maximum absolute atomic E-state index is 13.2. The van der Waals surface area contributed by atoms with Crippen molar-refractivity contribution < 1.29 is 9.53 Å². The first-order chi connectivity index (χ1) is 12.4. The van der Waals surface area contributed by atoms with E-state index < -0.39 is 5.25 Å². The van der Waals surface area contributed by atoms with E-state index in [1.54, 1.807) is 30.2 Å². The number of hydrogen-bond donors (Lipinski definition) is 0. The quantitative estimate of drug-likeness (QED) is 0.441. The van der Waals surface area contributed by atoms with Crippen LogP contribution in [0.5, 0.6) is 0 Å². The number of benzene rings is 1. The lowest BCUT2D eigenvalue weighted by Crippen LogP contribution is -2.26. The van der Waals surface area contributed by atoms with E-state index in [0.717, 1.165) is 23.4 Å². The Labute approximate surface area is 161 Å². The minimum atomic E-state index is -0.442. The summed E-state index contributed by atoms with van der Waals surface area (Å²) in [4.78, 5) is 30.7. The molecule has 0 spiro atoms. The molecule has 0 unspecified atom stereocenters. The van der Waals surface area contributed by atoms with Crippen molar-refractivity contribution in [1.29, 1.82) is 0 Å². The van der Waals surface area contributed by atoms with Crippen LogP contribution in [0.2, 0.25) is 0 Å². The molecule has 0 saturated heterocycles. The molecule has 0 N–H and O–H groups in total. The van der Waals surface area contributed by atoms with E-state index in [-0.39, 0.29) is 11.5 Å². The zero-order valence-corrected chi connectivity index (χ0v) is 16.9. The van der Waals surface area contributed by atoms with Crippen molar-refractivity contribution in [2.45, 2.75) is 54.7 Å². The van der Waals surface area contributed by atoms with Gasteiger partial charge in [0.1, 0.15) is 5.25 Å². The lowest BCUT2D eigenvalue weighted by molar-refractivity contribution is -0.142. The molecule has 138 valence electrons. The van der Waals surface area contributed by atoms with Crippen LogP contribution in [0, 0.1) is 6.92 Å². The van der Waals surface area contributed by atoms with Crippen molar-refractivity contribution >= 4 is 29.5 Å². The van der Waals surface area contributed by atoms with Crippen LogP contribution in [-0.2, 0) is 16.0 Å². The Morgan fingerprint density at radius 1 is 1.42 bits per heavy atom. The van der Waals surface area contributed by atoms with E-state index >= 15 is 0 Å². The highest BCUT2D eigenvalue weighted by molar-refractivity contribution is 8.00. The Morgan fingerprint density at radius 2 is 2.12 bits per heavy atom. The number of nitrogens with zero attached hydrogens (tertiary/aromatic N) is 2. The molecule has 5 nitrogen and oxygen atoms in total. The van der Waals surface area contributed by atoms with Gasteiger partial charge in [0.2, 0.25) is 0 Å². The second-order valence-corrected chi connectivity index (χ2v) is 9.05. The van der Waals surface area contributed by atoms with Gasteiger partial charge in [0.25, 0.3) is 5.56 Å². The normalized spacial score (nSPS) is 17.0. The molecule has 0 saturated carbocycles. The fraction of sp³-hybridized carbons (Fsp3) is 0.421. The smallest absolute Gasteiger partial charge is 0.319 e. The standard InChI is InChI=1S/C19H22N2O3S2/c1-5-24-18(23)13(4)26-19-20-15-10-12(3)25-16(15)17(22)21(19)14-8-6-11(2)7-9-14/h6-9,12-13H,5,10H2,1-4H3/t12-,13+/m1/s1. The molecule has 3 rings (SSSR count). The number of hydrogen-bond acceptors (Lipinski definition) is 6. The van der Waals surface area contributed by atoms with Crippen LogP contribution in [0.4, 0.5) is 0 Å². The third kappa shape index (κ3) is 3.83. The minimum Gasteiger partial charge on any atom is -0.465 e. The Morgan fingerprint density at radius 3 is 2.77 bits per heavy atom. The maximum atomic E-state index is 13.2. The fourth-order valence-corrected chi connectivity index (χ4v) is 4.80. The monoisotopic (exact) mass is 390 g/mol. The van der Waals surface area contributed by atoms with Crippen LogP contribution in [0.15, 0.2) is 39.1 Å². The van der Waals surface area contributed by atoms with Crippen LogP contribution >= 0.6 is 23.5 Å². The van der Waals surface area contributed by atoms with E-state index in [9.17, 15) is 9.59 Å². The molecule has 0 aliphatic carbocycles. The number of esters is 1. The highest BCUT2D eigenvalue weighted by Crippen LogP contribution is 2.35. The number of aryl methyl sites for hydroxylation is 1. The molecule has 1 aliphatic rings. The first kappa shape index (κ1) is 19.0. The number of ether oxygens (including phenoxy) is 1. The van der Waals surface area contributed by atoms with Gasteiger partial charge in [-0.25, -0.2) is 4.98 Å². The fourth-order valence-electron chi connectivity index (χ4n) is 2.77. The molecule has 0 fully saturated rings. The van der Waals surface area contributed by atoms with E-state index in [0.29, 0.717) is 21.9 Å². The van der Waals surface area contributed by atoms with E-state index in [1.807, 2.05) is 31.2 Å². The lowest BCUT2D eigenvalue weighted by atomic mass is 10.2. The van der Waals surface area contributed by atoms with E-state index in [2.05, 4.69) is 6.92 Å². The van der Waals surface area contributed by atoms with Crippen molar-refractivity contribution in [3.8, 4) is 5.69 Å². The lowest BCUT2D eigenvalue weighted by Gasteiger charge is -2.16. The van der Waals surface area contributed by atoms with Crippen LogP contribution < -0.4 is 5.56 Å². The number of carbonyl (C=O) groups excluding carboxylic acids is 1. The second-order valence-electron chi connectivity index (χ2n) is 6.29. The van der Waals surface area contributed by atoms with Crippen molar-refractivity contribution in [3.05, 3.63) is 45.9 Å². The highest BCUT2D eigenvalue weighted by Gasteiger charge is 2.28. The van der Waals surface area contributed by atoms with Crippen molar-refractivity contribution in [2.24, 2.45) is 0 Å². The van der Waals surface area contributed by atoms with Gasteiger partial charge in [0.05, 0.1) is 22.9 Å². The molecule has 1 aromatic carbocycles. The van der Waals surface area contributed by atoms with E-state index in [4.69, 9.17) is 9.72 Å². The minimum absolute atomic E-state index is 0.0632. The van der Waals surface area contributed by atoms with E-state index in [1.165, 1.54) is 11.8 Å². The van der Waals surface area contributed by atoms with Gasteiger partial charge in [-0.2, -0.15) is 0 Å². The highest BCUT2D eigenvalue weighted by atomic mass is 32.2. The van der Waals surface area contributed by atoms with Crippen molar-refractivity contribution in [1.82, 2.24) is 9.55 Å². The SMILES string of the molecule is CCOC(=O)[C@H](C)Sc1nc2c(c(=O)n1-c1ccc(C)cc1)S[C@H](C)C2. The first-order valence-electron chi connectivity index (χ1n) is 8.63. The third-order valence-electron chi connectivity index (χ3n) is 4.07. The zero-order chi connectivity index (χ0) is 18.8. The molecule has 0 amide bonds. The Balaban J connectivity index is 2.08. The molecule has 0 radical (unpaired) electrons. The Hall–Kier alpha value is -1.73. The molecular weight excluding hydrogens is 368 g/mol. The summed E-state index contributed by atoms with van der Waals surface area (Å²) in [6.07, 6.45) is 0.769. The topological polar surface area (TPSA) is 61.2 Å². The maximum Gasteiger partial charge on any atom is 0.319 e. The summed E-state index contributed by atoms with van der Waals surface area (Å²) < 4.78 is 6.71. The number of aromatic nitrogens is 2. The summed E-state index contributed by atoms with van der Waals surface area (Å²) in [5.74, 6) is -0.301. The van der Waals surface area contributed by atoms with Gasteiger partial charge in [-0.1, -0.05) is 36.4 Å². The average molecular weight is 391 g/mol. The molecule has 2 heterocycles. The second kappa shape index (κ2) is 7.88. The van der Waals surface area contributed by atoms with Gasteiger partial charge in [0.15, 0.2) is 5.16 Å². The molecule has 1 aliphatic heterocycles. The summed E-state index contributed by atoms with van der Waals surface area (Å²) >= 11 is 2.84. The van der Waals surface area contributed by atoms with Crippen LogP contribution in [-0.4, -0.2) is 32.6 Å². The summed E-state index contributed by atoms with van der Waals surface area (Å²) in [5.41, 5.74) is 2.64. The van der Waals surface area contributed by atoms with Crippen LogP contribution in [0.1, 0.15) is 32.0 Å². The predicted molar refractivity (Wildman–Crippen MR) is 106 cm³/mol. The van der Waals surface area contributed by atoms with Gasteiger partial charge in [-0.05, 0) is 32.9 Å². The molecule has 2 aromatic rings. The molecule has 2 atom stereocenters. The average Bonchev–Trinajstić information content (AvgIpc) is 2.97. The van der Waals surface area contributed by atoms with Crippen LogP contribution in [0.25, 0.3) is 5.69 Å². The number of thioether (sulfide) groups is 2. The molecular formula is C19H22N2O3S2. The summed E-state index contributed by atoms with van der Waals surface area (Å²) in [6.45, 7) is 7.99. The van der Waals surface area contributed by atoms with Crippen molar-refractivity contribution in [3.63, 3.8) is 0 Å². The van der Waals surface area contributed by atoms with Gasteiger partial charge in [-0.15, -0.1) is 11.8 Å². The number of rotatable bonds is 5. The third-order valence-corrected chi connectivity index (χ3v) is 6.32. The van der Waals surface area contributed by atoms with Crippen molar-refractivity contribution in [2.75, 3.05) is 6.61 Å². The Bertz CT molecular complexity index is 878. The van der Waals surface area contributed by atoms with Gasteiger partial charge >= 0.3 is 5.97 Å². The largest absolute Gasteiger partial charge is 0.465 e. The first-order valence-corrected chi connectivity index (χ1v) is 10.4. The van der Waals surface area contributed by atoms with Gasteiger partial charge in [-0.3, -0.25) is 14.2 Å². The summed E-state index contributed by atoms with van der Waals surface area (Å²) in [7, 11) is 0. The van der Waals surface area contributed by atoms with Gasteiger partial charge < -0.3 is 4.74 Å². The summed E-state index contributed by atoms with van der Waals surface area (Å²) in [6, 6.07) is 7.75. The summed E-state index contributed by atoms with van der Waals surface area (Å²) in [5, 5.41) is 0.426. The number of fused-ring (bicyclic) bond motifs is 1. The molecule has 26 heavy (non-hydrogen) atoms. The zero-order valence-electron chi connectivity index (χ0n) is 15.3. The van der Waals surface area contributed by atoms with Gasteiger partial charge in [0, 0.05) is 11.7 Å². The predicted octanol–water partition coefficient (Wildman–Crippen LogP) is 3.62. The molecule has 0 bridgehead atoms. The number of carbonyl (C=O) groups is 1. The van der Waals surface area contributed by atoms with Crippen LogP contribution in [0.3, 0.4) is 0 Å². The molecule has 7 heteroatoms. The Kier molecular flexibility index (Phi) is 5.77.